The maximum absolute atomic E-state index is 11.9. The van der Waals surface area contributed by atoms with Crippen LogP contribution in [-0.2, 0) is 0 Å². The van der Waals surface area contributed by atoms with E-state index in [0.29, 0.717) is 17.7 Å². The number of rotatable bonds is 4. The number of benzene rings is 1. The second-order valence-electron chi connectivity index (χ2n) is 5.06. The fraction of sp³-hybridized carbons (Fsp3) is 0.385. The lowest BCUT2D eigenvalue weighted by Crippen LogP contribution is -2.29. The first kappa shape index (κ1) is 12.4. The molecular weight excluding hydrogens is 230 g/mol. The number of amides is 1. The number of hydrogen-bond donors (Lipinski definition) is 3. The van der Waals surface area contributed by atoms with E-state index in [4.69, 9.17) is 10.9 Å². The van der Waals surface area contributed by atoms with Crippen molar-refractivity contribution >= 4 is 11.7 Å². The summed E-state index contributed by atoms with van der Waals surface area (Å²) in [6, 6.07) is 6.72. The predicted molar refractivity (Wildman–Crippen MR) is 68.6 cm³/mol. The van der Waals surface area contributed by atoms with Gasteiger partial charge < -0.3 is 16.3 Å². The second-order valence-corrected chi connectivity index (χ2v) is 5.06. The molecule has 5 heteroatoms. The van der Waals surface area contributed by atoms with Crippen molar-refractivity contribution in [1.29, 1.82) is 0 Å². The minimum atomic E-state index is -0.129. The maximum Gasteiger partial charge on any atom is 0.251 e. The lowest BCUT2D eigenvalue weighted by Gasteiger charge is -2.10. The van der Waals surface area contributed by atoms with Crippen LogP contribution in [0.15, 0.2) is 29.4 Å². The Bertz CT molecular complexity index is 493. The fourth-order valence-electron chi connectivity index (χ4n) is 1.66. The van der Waals surface area contributed by atoms with Crippen LogP contribution in [0.4, 0.5) is 0 Å². The first-order valence-electron chi connectivity index (χ1n) is 5.90. The quantitative estimate of drug-likeness (QED) is 0.324. The molecule has 1 aromatic rings. The van der Waals surface area contributed by atoms with Crippen LogP contribution < -0.4 is 11.1 Å². The van der Waals surface area contributed by atoms with E-state index in [-0.39, 0.29) is 17.2 Å². The van der Waals surface area contributed by atoms with Crippen LogP contribution in [0, 0.1) is 5.41 Å². The summed E-state index contributed by atoms with van der Waals surface area (Å²) in [5.41, 5.74) is 6.81. The van der Waals surface area contributed by atoms with E-state index < -0.39 is 0 Å². The van der Waals surface area contributed by atoms with E-state index in [0.717, 1.165) is 12.8 Å². The Kier molecular flexibility index (Phi) is 3.23. The molecule has 0 saturated heterocycles. The summed E-state index contributed by atoms with van der Waals surface area (Å²) < 4.78 is 0. The van der Waals surface area contributed by atoms with Crippen molar-refractivity contribution in [3.63, 3.8) is 0 Å². The molecule has 1 aliphatic carbocycles. The first-order chi connectivity index (χ1) is 8.54. The SMILES string of the molecule is CC1(CNC(=O)c2cccc(/C(N)=N/O)c2)CC1. The lowest BCUT2D eigenvalue weighted by molar-refractivity contribution is 0.0946. The average Bonchev–Trinajstić information content (AvgIpc) is 3.13. The van der Waals surface area contributed by atoms with Gasteiger partial charge in [0.05, 0.1) is 0 Å². The fourth-order valence-corrected chi connectivity index (χ4v) is 1.66. The molecule has 1 amide bonds. The summed E-state index contributed by atoms with van der Waals surface area (Å²) >= 11 is 0. The summed E-state index contributed by atoms with van der Waals surface area (Å²) in [4.78, 5) is 11.9. The highest BCUT2D eigenvalue weighted by molar-refractivity contribution is 6.01. The van der Waals surface area contributed by atoms with E-state index in [1.54, 1.807) is 24.3 Å². The smallest absolute Gasteiger partial charge is 0.251 e. The van der Waals surface area contributed by atoms with E-state index in [1.807, 2.05) is 0 Å². The molecule has 4 N–H and O–H groups in total. The second kappa shape index (κ2) is 4.68. The van der Waals surface area contributed by atoms with Crippen LogP contribution in [0.3, 0.4) is 0 Å². The monoisotopic (exact) mass is 247 g/mol. The van der Waals surface area contributed by atoms with Gasteiger partial charge in [-0.2, -0.15) is 0 Å². The molecule has 1 saturated carbocycles. The van der Waals surface area contributed by atoms with Crippen molar-refractivity contribution in [1.82, 2.24) is 5.32 Å². The summed E-state index contributed by atoms with van der Waals surface area (Å²) in [6.45, 7) is 2.85. The zero-order chi connectivity index (χ0) is 13.2. The largest absolute Gasteiger partial charge is 0.409 e. The van der Waals surface area contributed by atoms with Gasteiger partial charge in [0.2, 0.25) is 0 Å². The van der Waals surface area contributed by atoms with Gasteiger partial charge >= 0.3 is 0 Å². The Morgan fingerprint density at radius 2 is 2.17 bits per heavy atom. The van der Waals surface area contributed by atoms with Gasteiger partial charge in [-0.05, 0) is 30.4 Å². The maximum atomic E-state index is 11.9. The van der Waals surface area contributed by atoms with Crippen molar-refractivity contribution in [2.24, 2.45) is 16.3 Å². The molecule has 0 spiro atoms. The van der Waals surface area contributed by atoms with Crippen molar-refractivity contribution in [3.05, 3.63) is 35.4 Å². The molecule has 0 aliphatic heterocycles. The number of amidine groups is 1. The van der Waals surface area contributed by atoms with Crippen LogP contribution in [-0.4, -0.2) is 23.5 Å². The standard InChI is InChI=1S/C13H17N3O2/c1-13(5-6-13)8-15-12(17)10-4-2-3-9(7-10)11(14)16-18/h2-4,7,18H,5-6,8H2,1H3,(H2,14,16)(H,15,17). The molecule has 1 fully saturated rings. The molecule has 0 aromatic heterocycles. The van der Waals surface area contributed by atoms with Gasteiger partial charge in [-0.15, -0.1) is 0 Å². The Hall–Kier alpha value is -2.04. The van der Waals surface area contributed by atoms with Gasteiger partial charge in [0.15, 0.2) is 5.84 Å². The molecule has 2 rings (SSSR count). The molecular formula is C13H17N3O2. The van der Waals surface area contributed by atoms with Crippen LogP contribution in [0.25, 0.3) is 0 Å². The summed E-state index contributed by atoms with van der Waals surface area (Å²) in [5.74, 6) is -0.130. The Balaban J connectivity index is 2.05. The van der Waals surface area contributed by atoms with Gasteiger partial charge in [0.1, 0.15) is 0 Å². The molecule has 0 heterocycles. The van der Waals surface area contributed by atoms with Gasteiger partial charge in [-0.3, -0.25) is 4.79 Å². The van der Waals surface area contributed by atoms with Crippen LogP contribution in [0.5, 0.6) is 0 Å². The Morgan fingerprint density at radius 1 is 1.50 bits per heavy atom. The van der Waals surface area contributed by atoms with Crippen LogP contribution in [0.2, 0.25) is 0 Å². The van der Waals surface area contributed by atoms with E-state index >= 15 is 0 Å². The van der Waals surface area contributed by atoms with E-state index in [9.17, 15) is 4.79 Å². The summed E-state index contributed by atoms with van der Waals surface area (Å²) in [7, 11) is 0. The lowest BCUT2D eigenvalue weighted by atomic mass is 10.1. The predicted octanol–water partition coefficient (Wildman–Crippen LogP) is 1.31. The molecule has 1 aliphatic rings. The molecule has 0 atom stereocenters. The number of carbonyl (C=O) groups excluding carboxylic acids is 1. The molecule has 1 aromatic carbocycles. The first-order valence-corrected chi connectivity index (χ1v) is 5.90. The van der Waals surface area contributed by atoms with E-state index in [2.05, 4.69) is 17.4 Å². The highest BCUT2D eigenvalue weighted by Gasteiger charge is 2.37. The molecule has 18 heavy (non-hydrogen) atoms. The highest BCUT2D eigenvalue weighted by atomic mass is 16.4. The Morgan fingerprint density at radius 3 is 2.78 bits per heavy atom. The van der Waals surface area contributed by atoms with Crippen LogP contribution >= 0.6 is 0 Å². The number of nitrogens with two attached hydrogens (primary N) is 1. The number of hydrogen-bond acceptors (Lipinski definition) is 3. The van der Waals surface area contributed by atoms with Gasteiger partial charge in [-0.25, -0.2) is 0 Å². The minimum absolute atomic E-state index is 0.00111. The average molecular weight is 247 g/mol. The van der Waals surface area contributed by atoms with Crippen molar-refractivity contribution < 1.29 is 10.0 Å². The molecule has 0 bridgehead atoms. The zero-order valence-corrected chi connectivity index (χ0v) is 10.3. The van der Waals surface area contributed by atoms with Crippen molar-refractivity contribution in [2.45, 2.75) is 19.8 Å². The van der Waals surface area contributed by atoms with Gasteiger partial charge in [0, 0.05) is 17.7 Å². The molecule has 0 radical (unpaired) electrons. The van der Waals surface area contributed by atoms with Crippen molar-refractivity contribution in [3.8, 4) is 0 Å². The molecule has 0 unspecified atom stereocenters. The topological polar surface area (TPSA) is 87.7 Å². The Labute approximate surface area is 106 Å². The summed E-state index contributed by atoms with van der Waals surface area (Å²) in [6.07, 6.45) is 2.33. The number of nitrogens with zero attached hydrogens (tertiary/aromatic N) is 1. The number of carbonyl (C=O) groups is 1. The van der Waals surface area contributed by atoms with Crippen molar-refractivity contribution in [2.75, 3.05) is 6.54 Å². The third-order valence-corrected chi connectivity index (χ3v) is 3.31. The molecule has 96 valence electrons. The van der Waals surface area contributed by atoms with Crippen LogP contribution in [0.1, 0.15) is 35.7 Å². The normalized spacial score (nSPS) is 17.3. The zero-order valence-electron chi connectivity index (χ0n) is 10.3. The third kappa shape index (κ3) is 2.80. The van der Waals surface area contributed by atoms with Gasteiger partial charge in [-0.1, -0.05) is 24.2 Å². The summed E-state index contributed by atoms with van der Waals surface area (Å²) in [5, 5.41) is 14.4. The number of nitrogens with one attached hydrogen (secondary N) is 1. The number of oxime groups is 1. The molecule has 5 nitrogen and oxygen atoms in total. The van der Waals surface area contributed by atoms with Gasteiger partial charge in [0.25, 0.3) is 5.91 Å². The van der Waals surface area contributed by atoms with E-state index in [1.165, 1.54) is 0 Å². The highest BCUT2D eigenvalue weighted by Crippen LogP contribution is 2.44. The minimum Gasteiger partial charge on any atom is -0.409 e. The third-order valence-electron chi connectivity index (χ3n) is 3.31.